The van der Waals surface area contributed by atoms with Gasteiger partial charge in [-0.05, 0) is 93.3 Å². The molecule has 13 N–H and O–H groups in total. The SMILES string of the molecule is C[C@@H]1O[C@@H](O[C@H]2[C@H](O)[C@@H](O)[C@H](O[C@H]3[C@@H](O)[C@@H](C)O[C@@H](O[C@H]4CC[C@@]5(C)[C@@H](CC[C@]6(C)[C@@H]5C=C[C@]57OC[C@@]8(CCC(C)(C)C[C@@H]85)[C@@H](O)C[C@]76C)[C@]4(C)CO)[C@@H]3O[C@@H]3O[C@H](CO)[C@@H](O)[C@H](O)[C@H]3O)O[C@@H]2CO)[C@H](O)[C@H](O)[C@H]1O. The van der Waals surface area contributed by atoms with E-state index < -0.39 is 165 Å². The van der Waals surface area contributed by atoms with Crippen molar-refractivity contribution in [1.29, 1.82) is 0 Å². The lowest BCUT2D eigenvalue weighted by Gasteiger charge is -2.73. The number of ether oxygens (including phenoxy) is 9. The molecule has 0 aromatic carbocycles. The Morgan fingerprint density at radius 2 is 1.11 bits per heavy atom. The predicted molar refractivity (Wildman–Crippen MR) is 261 cm³/mol. The summed E-state index contributed by atoms with van der Waals surface area (Å²) in [5.41, 5.74) is -2.77. The van der Waals surface area contributed by atoms with Gasteiger partial charge in [-0.1, -0.05) is 53.7 Å². The highest BCUT2D eigenvalue weighted by molar-refractivity contribution is 5.36. The largest absolute Gasteiger partial charge is 0.396 e. The molecular formula is C54H88O22. The maximum Gasteiger partial charge on any atom is 0.187 e. The molecule has 10 rings (SSSR count). The number of rotatable bonds is 11. The lowest BCUT2D eigenvalue weighted by atomic mass is 9.32. The molecule has 76 heavy (non-hydrogen) atoms. The third kappa shape index (κ3) is 8.54. The predicted octanol–water partition coefficient (Wildman–Crippen LogP) is -1.55. The van der Waals surface area contributed by atoms with Crippen LogP contribution in [0.1, 0.15) is 107 Å². The van der Waals surface area contributed by atoms with Gasteiger partial charge in [0.25, 0.3) is 0 Å². The molecule has 5 heterocycles. The van der Waals surface area contributed by atoms with Crippen LogP contribution >= 0.6 is 0 Å². The molecular weight excluding hydrogens is 1000 g/mol. The summed E-state index contributed by atoms with van der Waals surface area (Å²) < 4.78 is 56.5. The third-order valence-electron chi connectivity index (χ3n) is 22.1. The van der Waals surface area contributed by atoms with E-state index in [9.17, 15) is 66.4 Å². The summed E-state index contributed by atoms with van der Waals surface area (Å²) in [6, 6.07) is 0. The number of fused-ring (bicyclic) bond motifs is 4. The van der Waals surface area contributed by atoms with Gasteiger partial charge in [-0.3, -0.25) is 0 Å². The van der Waals surface area contributed by atoms with Crippen LogP contribution in [0.15, 0.2) is 12.2 Å². The molecule has 22 nitrogen and oxygen atoms in total. The zero-order chi connectivity index (χ0) is 55.2. The van der Waals surface area contributed by atoms with Crippen molar-refractivity contribution in [3.8, 4) is 0 Å². The molecule has 0 aromatic rings. The van der Waals surface area contributed by atoms with Gasteiger partial charge in [-0.25, -0.2) is 0 Å². The molecule has 0 radical (unpaired) electrons. The van der Waals surface area contributed by atoms with Crippen LogP contribution in [0.25, 0.3) is 0 Å². The molecule has 31 atom stereocenters. The Labute approximate surface area is 444 Å². The lowest BCUT2D eigenvalue weighted by Crippen LogP contribution is -2.72. The van der Waals surface area contributed by atoms with Crippen molar-refractivity contribution in [3.05, 3.63) is 12.2 Å². The maximum absolute atomic E-state index is 12.3. The van der Waals surface area contributed by atoms with E-state index >= 15 is 0 Å². The number of hydrogen-bond donors (Lipinski definition) is 13. The van der Waals surface area contributed by atoms with E-state index in [1.165, 1.54) is 13.8 Å². The average Bonchev–Trinajstić information content (AvgIpc) is 3.89. The van der Waals surface area contributed by atoms with Gasteiger partial charge in [0.05, 0.1) is 56.4 Å². The molecule has 2 bridgehead atoms. The topological polar surface area (TPSA) is 346 Å². The van der Waals surface area contributed by atoms with Gasteiger partial charge >= 0.3 is 0 Å². The van der Waals surface area contributed by atoms with Gasteiger partial charge in [0.1, 0.15) is 85.5 Å². The number of hydrogen-bond acceptors (Lipinski definition) is 22. The molecule has 22 heteroatoms. The van der Waals surface area contributed by atoms with Crippen molar-refractivity contribution in [2.75, 3.05) is 26.4 Å². The molecule has 4 saturated carbocycles. The Morgan fingerprint density at radius 1 is 0.526 bits per heavy atom. The first kappa shape index (κ1) is 58.1. The summed E-state index contributed by atoms with van der Waals surface area (Å²) in [5.74, 6) is 0.0584. The zero-order valence-corrected chi connectivity index (χ0v) is 45.1. The van der Waals surface area contributed by atoms with Gasteiger partial charge in [0, 0.05) is 22.2 Å². The fraction of sp³-hybridized carbons (Fsp3) is 0.963. The Hall–Kier alpha value is -1.14. The second-order valence-corrected chi connectivity index (χ2v) is 26.6. The summed E-state index contributed by atoms with van der Waals surface area (Å²) in [5, 5.41) is 144. The van der Waals surface area contributed by atoms with Gasteiger partial charge in [0.2, 0.25) is 0 Å². The van der Waals surface area contributed by atoms with E-state index in [1.54, 1.807) is 0 Å². The van der Waals surface area contributed by atoms with E-state index in [-0.39, 0.29) is 46.0 Å². The van der Waals surface area contributed by atoms with Crippen LogP contribution < -0.4 is 0 Å². The monoisotopic (exact) mass is 1090 g/mol. The number of allylic oxidation sites excluding steroid dienone is 1. The highest BCUT2D eigenvalue weighted by Gasteiger charge is 2.79. The molecule has 0 unspecified atom stereocenters. The molecule has 5 aliphatic heterocycles. The van der Waals surface area contributed by atoms with Crippen LogP contribution in [0, 0.1) is 50.2 Å². The van der Waals surface area contributed by atoms with E-state index in [2.05, 4.69) is 46.8 Å². The van der Waals surface area contributed by atoms with Crippen molar-refractivity contribution in [1.82, 2.24) is 0 Å². The second-order valence-electron chi connectivity index (χ2n) is 26.6. The molecule has 5 saturated heterocycles. The first-order valence-corrected chi connectivity index (χ1v) is 27.8. The van der Waals surface area contributed by atoms with Crippen molar-refractivity contribution < 1.29 is 109 Å². The Kier molecular flexibility index (Phi) is 15.5. The molecule has 1 spiro atoms. The molecule has 10 aliphatic rings. The summed E-state index contributed by atoms with van der Waals surface area (Å²) in [7, 11) is 0. The Morgan fingerprint density at radius 3 is 1.76 bits per heavy atom. The first-order valence-electron chi connectivity index (χ1n) is 27.8. The van der Waals surface area contributed by atoms with Gasteiger partial charge in [-0.15, -0.1) is 0 Å². The van der Waals surface area contributed by atoms with Crippen LogP contribution in [0.2, 0.25) is 0 Å². The van der Waals surface area contributed by atoms with Crippen LogP contribution in [0.4, 0.5) is 0 Å². The molecule has 5 aliphatic carbocycles. The smallest absolute Gasteiger partial charge is 0.187 e. The number of aliphatic hydroxyl groups is 13. The minimum absolute atomic E-state index is 0.0242. The second kappa shape index (κ2) is 20.3. The molecule has 0 aromatic heterocycles. The minimum atomic E-state index is -2.01. The minimum Gasteiger partial charge on any atom is -0.396 e. The van der Waals surface area contributed by atoms with Crippen molar-refractivity contribution in [2.45, 2.75) is 247 Å². The van der Waals surface area contributed by atoms with E-state index in [4.69, 9.17) is 42.6 Å². The van der Waals surface area contributed by atoms with Crippen LogP contribution in [-0.2, 0) is 42.6 Å². The summed E-state index contributed by atoms with van der Waals surface area (Å²) >= 11 is 0. The van der Waals surface area contributed by atoms with Crippen LogP contribution in [0.3, 0.4) is 0 Å². The summed E-state index contributed by atoms with van der Waals surface area (Å²) in [4.78, 5) is 0. The molecule has 436 valence electrons. The molecule has 9 fully saturated rings. The maximum atomic E-state index is 12.3. The highest BCUT2D eigenvalue weighted by Crippen LogP contribution is 2.79. The summed E-state index contributed by atoms with van der Waals surface area (Å²) in [6.45, 7) is 15.2. The first-order chi connectivity index (χ1) is 35.6. The van der Waals surface area contributed by atoms with Crippen molar-refractivity contribution in [3.63, 3.8) is 0 Å². The highest BCUT2D eigenvalue weighted by atomic mass is 16.8. The fourth-order valence-electron chi connectivity index (χ4n) is 17.2. The van der Waals surface area contributed by atoms with Crippen molar-refractivity contribution >= 4 is 0 Å². The third-order valence-corrected chi connectivity index (χ3v) is 22.1. The van der Waals surface area contributed by atoms with E-state index in [0.29, 0.717) is 32.3 Å². The van der Waals surface area contributed by atoms with E-state index in [1.807, 2.05) is 6.92 Å². The van der Waals surface area contributed by atoms with Gasteiger partial charge < -0.3 is 109 Å². The summed E-state index contributed by atoms with van der Waals surface area (Å²) in [6.07, 6.45) is -23.4. The normalized spacial score (nSPS) is 58.7. The van der Waals surface area contributed by atoms with Crippen LogP contribution in [-0.4, -0.2) is 233 Å². The zero-order valence-electron chi connectivity index (χ0n) is 45.1. The van der Waals surface area contributed by atoms with E-state index in [0.717, 1.165) is 25.7 Å². The molecule has 0 amide bonds. The average molecular weight is 1090 g/mol. The number of aliphatic hydroxyl groups excluding tert-OH is 13. The fourth-order valence-corrected chi connectivity index (χ4v) is 17.2. The Balaban J connectivity index is 0.936. The standard InChI is InChI=1S/C54H88O22/c1-23-32(59)35(62)38(65)44(69-23)74-41-26(20-56)72-46(40(67)37(41)64)75-42-33(60)24(2)70-47(43(42)76-45-39(66)36(63)34(61)25(19-55)71-45)73-31-11-12-49(5)27(50(31,6)21-57)9-13-51(7)28(49)10-14-54-29-17-48(3,4)15-16-53(29,22-68-54)30(58)18-52(51,54)8/h10,14,23-47,55-67H,9,11-13,15-22H2,1-8H3/t23-,24+,25+,26+,27+,28+,29-,30-,31-,32-,33-,34+,35+,36-,37+,38+,39+,40+,41+,42-,43+,44-,45-,46-,47-,49-,50-,51+,52-,53+,54-/m0/s1. The van der Waals surface area contributed by atoms with Crippen LogP contribution in [0.5, 0.6) is 0 Å². The van der Waals surface area contributed by atoms with Crippen molar-refractivity contribution in [2.24, 2.45) is 50.2 Å². The van der Waals surface area contributed by atoms with Gasteiger partial charge in [0.15, 0.2) is 25.2 Å². The quantitative estimate of drug-likeness (QED) is 0.0823. The van der Waals surface area contributed by atoms with Gasteiger partial charge in [-0.2, -0.15) is 0 Å². The lowest BCUT2D eigenvalue weighted by molar-refractivity contribution is -0.403. The Bertz CT molecular complexity index is 2100.